The highest BCUT2D eigenvalue weighted by atomic mass is 35.5. The number of rotatable bonds is 6. The highest BCUT2D eigenvalue weighted by molar-refractivity contribution is 6.41. The van der Waals surface area contributed by atoms with Gasteiger partial charge in [-0.25, -0.2) is 0 Å². The number of nitrogens with zero attached hydrogens (tertiary/aromatic N) is 2. The van der Waals surface area contributed by atoms with Crippen LogP contribution in [0.4, 0.5) is 0 Å². The molecule has 13 nitrogen and oxygen atoms in total. The van der Waals surface area contributed by atoms with Crippen LogP contribution in [0.5, 0.6) is 0 Å². The second kappa shape index (κ2) is 11.8. The third-order valence-corrected chi connectivity index (χ3v) is 10.4. The minimum absolute atomic E-state index is 0.0970. The highest BCUT2D eigenvalue weighted by Gasteiger charge is 2.48. The normalized spacial score (nSPS) is 29.6. The zero-order chi connectivity index (χ0) is 33.6. The molecule has 8 rings (SSSR count). The van der Waals surface area contributed by atoms with Gasteiger partial charge in [0.15, 0.2) is 12.5 Å². The predicted octanol–water partition coefficient (Wildman–Crippen LogP) is 2.65. The van der Waals surface area contributed by atoms with Gasteiger partial charge in [-0.3, -0.25) is 14.5 Å². The Bertz CT molecular complexity index is 2110. The number of imide groups is 1. The van der Waals surface area contributed by atoms with Crippen molar-refractivity contribution in [3.8, 4) is 0 Å². The molecule has 2 saturated heterocycles. The SMILES string of the molecule is CN[C@@H]1CO[C@H](OC[C@H]2O[C@@H](n3c4c(Cl)cccc4c4c5c(c6c7ccccc7[nH]c6c43)C(=O)N(C)C5=O)[C@H](O)[C@@H](O)[C@@H]2OC)C[C@H]1O. The number of amides is 2. The summed E-state index contributed by atoms with van der Waals surface area (Å²) < 4.78 is 25.7. The van der Waals surface area contributed by atoms with Gasteiger partial charge in [-0.05, 0) is 19.2 Å². The molecule has 0 bridgehead atoms. The van der Waals surface area contributed by atoms with E-state index in [1.807, 2.05) is 24.3 Å². The van der Waals surface area contributed by atoms with Crippen molar-refractivity contribution in [1.82, 2.24) is 19.8 Å². The van der Waals surface area contributed by atoms with E-state index in [4.69, 9.17) is 30.5 Å². The molecule has 3 aliphatic heterocycles. The number of H-pyrrole nitrogens is 1. The number of carbonyl (C=O) groups is 2. The Morgan fingerprint density at radius 3 is 2.46 bits per heavy atom. The van der Waals surface area contributed by atoms with Crippen molar-refractivity contribution in [3.05, 3.63) is 58.6 Å². The van der Waals surface area contributed by atoms with Crippen molar-refractivity contribution in [2.75, 3.05) is 34.4 Å². The van der Waals surface area contributed by atoms with E-state index in [0.29, 0.717) is 37.7 Å². The van der Waals surface area contributed by atoms with Crippen molar-refractivity contribution in [2.45, 2.75) is 55.5 Å². The number of fused-ring (bicyclic) bond motifs is 10. The van der Waals surface area contributed by atoms with Gasteiger partial charge in [0.25, 0.3) is 11.8 Å². The van der Waals surface area contributed by atoms with Gasteiger partial charge >= 0.3 is 0 Å². The fourth-order valence-electron chi connectivity index (χ4n) is 7.66. The number of aromatic amines is 1. The van der Waals surface area contributed by atoms with Crippen LogP contribution < -0.4 is 5.32 Å². The van der Waals surface area contributed by atoms with Crippen molar-refractivity contribution in [1.29, 1.82) is 0 Å². The van der Waals surface area contributed by atoms with Gasteiger partial charge in [0.05, 0.1) is 58.1 Å². The lowest BCUT2D eigenvalue weighted by Gasteiger charge is -2.43. The predicted molar refractivity (Wildman–Crippen MR) is 176 cm³/mol. The first-order valence-corrected chi connectivity index (χ1v) is 16.2. The number of ether oxygens (including phenoxy) is 4. The Balaban J connectivity index is 1.33. The Hall–Kier alpha value is -3.63. The summed E-state index contributed by atoms with van der Waals surface area (Å²) >= 11 is 6.92. The molecule has 14 heteroatoms. The minimum atomic E-state index is -1.52. The maximum absolute atomic E-state index is 13.9. The zero-order valence-corrected chi connectivity index (χ0v) is 27.1. The molecule has 2 amide bonds. The molecular formula is C34H35ClN4O9. The third-order valence-electron chi connectivity index (χ3n) is 10.1. The third kappa shape index (κ3) is 4.47. The molecule has 3 aromatic carbocycles. The van der Waals surface area contributed by atoms with E-state index in [1.54, 1.807) is 29.8 Å². The van der Waals surface area contributed by atoms with E-state index in [1.165, 1.54) is 14.2 Å². The maximum Gasteiger partial charge on any atom is 0.262 e. The molecule has 5 N–H and O–H groups in total. The topological polar surface area (TPSA) is 168 Å². The molecule has 2 fully saturated rings. The van der Waals surface area contributed by atoms with Crippen LogP contribution in [0.15, 0.2) is 42.5 Å². The van der Waals surface area contributed by atoms with Crippen LogP contribution in [0, 0.1) is 0 Å². The van der Waals surface area contributed by atoms with E-state index in [0.717, 1.165) is 15.8 Å². The van der Waals surface area contributed by atoms with Gasteiger partial charge in [-0.15, -0.1) is 0 Å². The van der Waals surface area contributed by atoms with Crippen molar-refractivity contribution >= 4 is 67.0 Å². The number of carbonyl (C=O) groups excluding carboxylic acids is 2. The molecule has 8 atom stereocenters. The van der Waals surface area contributed by atoms with Gasteiger partial charge in [-0.2, -0.15) is 0 Å². The van der Waals surface area contributed by atoms with E-state index in [2.05, 4.69) is 10.3 Å². The highest BCUT2D eigenvalue weighted by Crippen LogP contribution is 2.48. The number of nitrogens with one attached hydrogen (secondary N) is 2. The van der Waals surface area contributed by atoms with E-state index in [-0.39, 0.29) is 36.8 Å². The first kappa shape index (κ1) is 31.6. The summed E-state index contributed by atoms with van der Waals surface area (Å²) in [6, 6.07) is 12.5. The van der Waals surface area contributed by atoms with Crippen LogP contribution in [-0.4, -0.2) is 119 Å². The number of methoxy groups -OCH3 is 1. The lowest BCUT2D eigenvalue weighted by molar-refractivity contribution is -0.275. The first-order chi connectivity index (χ1) is 23.2. The minimum Gasteiger partial charge on any atom is -0.391 e. The summed E-state index contributed by atoms with van der Waals surface area (Å²) in [4.78, 5) is 32.1. The molecule has 252 valence electrons. The van der Waals surface area contributed by atoms with Crippen molar-refractivity contribution in [3.63, 3.8) is 0 Å². The number of para-hydroxylation sites is 2. The van der Waals surface area contributed by atoms with Gasteiger partial charge < -0.3 is 49.1 Å². The van der Waals surface area contributed by atoms with E-state index >= 15 is 0 Å². The van der Waals surface area contributed by atoms with Gasteiger partial charge in [-0.1, -0.05) is 41.9 Å². The van der Waals surface area contributed by atoms with Gasteiger partial charge in [0.2, 0.25) is 0 Å². The largest absolute Gasteiger partial charge is 0.391 e. The number of hydrogen-bond acceptors (Lipinski definition) is 10. The van der Waals surface area contributed by atoms with Crippen LogP contribution in [0.25, 0.3) is 43.6 Å². The molecule has 3 aliphatic rings. The van der Waals surface area contributed by atoms with Gasteiger partial charge in [0.1, 0.15) is 24.4 Å². The number of hydrogen-bond donors (Lipinski definition) is 5. The molecule has 0 spiro atoms. The summed E-state index contributed by atoms with van der Waals surface area (Å²) in [6.07, 6.45) is -7.27. The fraction of sp³-hybridized carbons (Fsp3) is 0.412. The molecule has 0 radical (unpaired) electrons. The van der Waals surface area contributed by atoms with E-state index in [9.17, 15) is 24.9 Å². The summed E-state index contributed by atoms with van der Waals surface area (Å²) in [5, 5.41) is 39.4. The van der Waals surface area contributed by atoms with Gasteiger partial charge in [0, 0.05) is 47.6 Å². The second-order valence-electron chi connectivity index (χ2n) is 12.6. The molecule has 5 aromatic rings. The molecule has 5 heterocycles. The van der Waals surface area contributed by atoms with Crippen molar-refractivity contribution in [2.24, 2.45) is 0 Å². The van der Waals surface area contributed by atoms with Crippen LogP contribution in [0.1, 0.15) is 33.4 Å². The van der Waals surface area contributed by atoms with Crippen LogP contribution in [-0.2, 0) is 18.9 Å². The monoisotopic (exact) mass is 678 g/mol. The molecular weight excluding hydrogens is 644 g/mol. The average Bonchev–Trinajstić information content (AvgIpc) is 3.70. The molecule has 2 aromatic heterocycles. The lowest BCUT2D eigenvalue weighted by Crippen LogP contribution is -2.58. The molecule has 0 aliphatic carbocycles. The van der Waals surface area contributed by atoms with E-state index < -0.39 is 54.9 Å². The summed E-state index contributed by atoms with van der Waals surface area (Å²) in [5.41, 5.74) is 2.72. The number of aliphatic hydroxyl groups excluding tert-OH is 3. The summed E-state index contributed by atoms with van der Waals surface area (Å²) in [7, 11) is 4.61. The number of likely N-dealkylation sites (N-methyl/N-ethyl adjacent to an activating group) is 1. The number of halogens is 1. The Labute approximate surface area is 278 Å². The Morgan fingerprint density at radius 1 is 1.00 bits per heavy atom. The van der Waals surface area contributed by atoms with Crippen LogP contribution >= 0.6 is 11.6 Å². The summed E-state index contributed by atoms with van der Waals surface area (Å²) in [5.74, 6) is -0.882. The van der Waals surface area contributed by atoms with Crippen LogP contribution in [0.3, 0.4) is 0 Å². The quantitative estimate of drug-likeness (QED) is 0.169. The maximum atomic E-state index is 13.9. The number of aliphatic hydroxyl groups is 3. The zero-order valence-electron chi connectivity index (χ0n) is 26.3. The standard InChI is InChI=1S/C34H35ClN4O9/c1-36-18-12-46-21(11-19(18)40)47-13-20-31(45-3)29(41)30(42)34(48-20)39-27-15(8-6-9-16(27)35)23-25-24(32(43)38(2)33(25)44)22-14-7-4-5-10-17(14)37-26(22)28(23)39/h4-10,18-21,29-31,34,36-37,40-42H,11-13H2,1-3H3/t18-,19-,20-,21-,29-,30-,31-,34-/m1/s1. The van der Waals surface area contributed by atoms with Crippen molar-refractivity contribution < 1.29 is 43.9 Å². The fourth-order valence-corrected chi connectivity index (χ4v) is 7.93. The second-order valence-corrected chi connectivity index (χ2v) is 13.0. The molecule has 0 unspecified atom stereocenters. The van der Waals surface area contributed by atoms with Crippen LogP contribution in [0.2, 0.25) is 5.02 Å². The first-order valence-electron chi connectivity index (χ1n) is 15.8. The number of benzene rings is 3. The molecule has 0 saturated carbocycles. The summed E-state index contributed by atoms with van der Waals surface area (Å²) in [6.45, 7) is 0.146. The lowest BCUT2D eigenvalue weighted by atomic mass is 9.96. The Kier molecular flexibility index (Phi) is 7.75. The average molecular weight is 679 g/mol. The smallest absolute Gasteiger partial charge is 0.262 e. The molecule has 48 heavy (non-hydrogen) atoms. The Morgan fingerprint density at radius 2 is 1.73 bits per heavy atom. The number of aromatic nitrogens is 2.